The smallest absolute Gasteiger partial charge is 0.155 e. The lowest BCUT2D eigenvalue weighted by molar-refractivity contribution is -0.115. The lowest BCUT2D eigenvalue weighted by atomic mass is 9.85. The van der Waals surface area contributed by atoms with Crippen LogP contribution in [0.25, 0.3) is 0 Å². The Kier molecular flexibility index (Phi) is 5.96. The number of allylic oxidation sites excluding steroid dienone is 2. The number of carbonyl (C=O) groups excluding carboxylic acids is 1. The Hall–Kier alpha value is -0.590. The first-order valence-corrected chi connectivity index (χ1v) is 8.05. The minimum atomic E-state index is 0.367. The van der Waals surface area contributed by atoms with Gasteiger partial charge in [0.05, 0.1) is 0 Å². The van der Waals surface area contributed by atoms with Gasteiger partial charge in [0.25, 0.3) is 0 Å². The Labute approximate surface area is 112 Å². The summed E-state index contributed by atoms with van der Waals surface area (Å²) in [6, 6.07) is 0. The molecule has 0 N–H and O–H groups in total. The van der Waals surface area contributed by atoms with Crippen molar-refractivity contribution in [3.05, 3.63) is 12.2 Å². The molecule has 0 aromatic rings. The zero-order valence-corrected chi connectivity index (χ0v) is 11.7. The van der Waals surface area contributed by atoms with E-state index in [1.165, 1.54) is 64.2 Å². The molecule has 2 rings (SSSR count). The zero-order chi connectivity index (χ0) is 12.6. The summed E-state index contributed by atoms with van der Waals surface area (Å²) in [6.45, 7) is 0. The van der Waals surface area contributed by atoms with Crippen molar-refractivity contribution in [2.75, 3.05) is 0 Å². The maximum atomic E-state index is 11.8. The van der Waals surface area contributed by atoms with Gasteiger partial charge < -0.3 is 0 Å². The highest BCUT2D eigenvalue weighted by atomic mass is 16.1. The fourth-order valence-corrected chi connectivity index (χ4v) is 3.48. The summed E-state index contributed by atoms with van der Waals surface area (Å²) in [5.74, 6) is 1.90. The van der Waals surface area contributed by atoms with E-state index < -0.39 is 0 Å². The van der Waals surface area contributed by atoms with Crippen molar-refractivity contribution in [3.8, 4) is 0 Å². The van der Waals surface area contributed by atoms with Crippen LogP contribution in [0.4, 0.5) is 0 Å². The molecular formula is C17H28O. The molecule has 0 aromatic heterocycles. The number of carbonyl (C=O) groups is 1. The summed E-state index contributed by atoms with van der Waals surface area (Å²) in [5, 5.41) is 0. The van der Waals surface area contributed by atoms with E-state index >= 15 is 0 Å². The van der Waals surface area contributed by atoms with Gasteiger partial charge >= 0.3 is 0 Å². The second kappa shape index (κ2) is 7.76. The molecule has 0 atom stereocenters. The van der Waals surface area contributed by atoms with Crippen molar-refractivity contribution in [2.24, 2.45) is 11.8 Å². The number of rotatable bonds is 5. The van der Waals surface area contributed by atoms with E-state index in [9.17, 15) is 4.79 Å². The molecule has 0 spiro atoms. The fourth-order valence-electron chi connectivity index (χ4n) is 3.48. The third-order valence-electron chi connectivity index (χ3n) is 4.73. The van der Waals surface area contributed by atoms with E-state index in [-0.39, 0.29) is 0 Å². The number of hydrogen-bond donors (Lipinski definition) is 0. The van der Waals surface area contributed by atoms with Crippen LogP contribution in [0.15, 0.2) is 12.2 Å². The van der Waals surface area contributed by atoms with Crippen LogP contribution >= 0.6 is 0 Å². The van der Waals surface area contributed by atoms with E-state index in [1.807, 2.05) is 6.08 Å². The van der Waals surface area contributed by atoms with Gasteiger partial charge in [-0.05, 0) is 37.2 Å². The monoisotopic (exact) mass is 248 g/mol. The van der Waals surface area contributed by atoms with Crippen LogP contribution in [0.2, 0.25) is 0 Å². The van der Waals surface area contributed by atoms with Crippen LogP contribution in [0.3, 0.4) is 0 Å². The van der Waals surface area contributed by atoms with Crippen LogP contribution in [-0.2, 0) is 4.79 Å². The molecule has 2 aliphatic rings. The first-order valence-electron chi connectivity index (χ1n) is 8.05. The van der Waals surface area contributed by atoms with Gasteiger partial charge in [-0.15, -0.1) is 0 Å². The van der Waals surface area contributed by atoms with Gasteiger partial charge in [0, 0.05) is 6.42 Å². The van der Waals surface area contributed by atoms with Gasteiger partial charge in [0.1, 0.15) is 0 Å². The summed E-state index contributed by atoms with van der Waals surface area (Å²) in [6.07, 6.45) is 19.6. The second-order valence-electron chi connectivity index (χ2n) is 6.27. The zero-order valence-electron chi connectivity index (χ0n) is 11.7. The Bertz CT molecular complexity index is 267. The molecule has 2 aliphatic carbocycles. The molecule has 0 heterocycles. The Morgan fingerprint density at radius 1 is 0.889 bits per heavy atom. The van der Waals surface area contributed by atoms with Gasteiger partial charge in [-0.3, -0.25) is 4.79 Å². The largest absolute Gasteiger partial charge is 0.295 e. The molecule has 2 saturated carbocycles. The Morgan fingerprint density at radius 2 is 1.50 bits per heavy atom. The van der Waals surface area contributed by atoms with Crippen molar-refractivity contribution in [3.63, 3.8) is 0 Å². The third kappa shape index (κ3) is 4.96. The highest BCUT2D eigenvalue weighted by Crippen LogP contribution is 2.28. The van der Waals surface area contributed by atoms with Crippen molar-refractivity contribution >= 4 is 5.78 Å². The Balaban J connectivity index is 1.62. The maximum absolute atomic E-state index is 11.8. The van der Waals surface area contributed by atoms with E-state index in [0.717, 1.165) is 18.8 Å². The van der Waals surface area contributed by atoms with Crippen molar-refractivity contribution in [1.82, 2.24) is 0 Å². The highest BCUT2D eigenvalue weighted by Gasteiger charge is 2.14. The fraction of sp³-hybridized carbons (Fsp3) is 0.824. The normalized spacial score (nSPS) is 23.6. The molecule has 0 aliphatic heterocycles. The minimum absolute atomic E-state index is 0.367. The standard InChI is InChI=1S/C17H28O/c18-17(13-11-15-7-3-1-4-8-15)14-12-16-9-5-2-6-10-16/h11,13,15-16H,1-10,12,14H2/b13-11+. The first kappa shape index (κ1) is 13.8. The van der Waals surface area contributed by atoms with Crippen LogP contribution in [-0.4, -0.2) is 5.78 Å². The maximum Gasteiger partial charge on any atom is 0.155 e. The van der Waals surface area contributed by atoms with Crippen LogP contribution in [0, 0.1) is 11.8 Å². The van der Waals surface area contributed by atoms with Crippen LogP contribution < -0.4 is 0 Å². The van der Waals surface area contributed by atoms with Gasteiger partial charge in [0.2, 0.25) is 0 Å². The predicted octanol–water partition coefficient (Wildman–Crippen LogP) is 5.05. The molecule has 0 unspecified atom stereocenters. The summed E-state index contributed by atoms with van der Waals surface area (Å²) in [5.41, 5.74) is 0. The molecule has 1 nitrogen and oxygen atoms in total. The summed E-state index contributed by atoms with van der Waals surface area (Å²) in [4.78, 5) is 11.8. The van der Waals surface area contributed by atoms with Crippen LogP contribution in [0.5, 0.6) is 0 Å². The molecule has 1 heteroatoms. The molecule has 0 radical (unpaired) electrons. The minimum Gasteiger partial charge on any atom is -0.295 e. The number of hydrogen-bond acceptors (Lipinski definition) is 1. The molecule has 0 saturated heterocycles. The molecule has 102 valence electrons. The van der Waals surface area contributed by atoms with Crippen molar-refractivity contribution in [2.45, 2.75) is 77.0 Å². The number of ketones is 1. The molecule has 0 amide bonds. The average molecular weight is 248 g/mol. The van der Waals surface area contributed by atoms with Gasteiger partial charge in [-0.2, -0.15) is 0 Å². The SMILES string of the molecule is O=C(/C=C/C1CCCCC1)CCC1CCCCC1. The lowest BCUT2D eigenvalue weighted by Gasteiger charge is -2.20. The van der Waals surface area contributed by atoms with Gasteiger partial charge in [-0.1, -0.05) is 57.4 Å². The topological polar surface area (TPSA) is 17.1 Å². The molecule has 0 bridgehead atoms. The predicted molar refractivity (Wildman–Crippen MR) is 76.5 cm³/mol. The highest BCUT2D eigenvalue weighted by molar-refractivity contribution is 5.89. The molecule has 18 heavy (non-hydrogen) atoms. The van der Waals surface area contributed by atoms with E-state index in [2.05, 4.69) is 6.08 Å². The van der Waals surface area contributed by atoms with Crippen molar-refractivity contribution < 1.29 is 4.79 Å². The Morgan fingerprint density at radius 3 is 2.17 bits per heavy atom. The third-order valence-corrected chi connectivity index (χ3v) is 4.73. The van der Waals surface area contributed by atoms with E-state index in [1.54, 1.807) is 0 Å². The lowest BCUT2D eigenvalue weighted by Crippen LogP contribution is -2.08. The molecule has 2 fully saturated rings. The average Bonchev–Trinajstić information content (AvgIpc) is 2.45. The van der Waals surface area contributed by atoms with Gasteiger partial charge in [-0.25, -0.2) is 0 Å². The quantitative estimate of drug-likeness (QED) is 0.622. The van der Waals surface area contributed by atoms with E-state index in [4.69, 9.17) is 0 Å². The first-order chi connectivity index (χ1) is 8.84. The molecular weight excluding hydrogens is 220 g/mol. The van der Waals surface area contributed by atoms with Crippen molar-refractivity contribution in [1.29, 1.82) is 0 Å². The summed E-state index contributed by atoms with van der Waals surface area (Å²) >= 11 is 0. The second-order valence-corrected chi connectivity index (χ2v) is 6.27. The van der Waals surface area contributed by atoms with Gasteiger partial charge in [0.15, 0.2) is 5.78 Å². The summed E-state index contributed by atoms with van der Waals surface area (Å²) in [7, 11) is 0. The van der Waals surface area contributed by atoms with E-state index in [0.29, 0.717) is 11.7 Å². The van der Waals surface area contributed by atoms with Crippen LogP contribution in [0.1, 0.15) is 77.0 Å². The molecule has 0 aromatic carbocycles. The summed E-state index contributed by atoms with van der Waals surface area (Å²) < 4.78 is 0.